The van der Waals surface area contributed by atoms with E-state index in [1.54, 1.807) is 6.92 Å². The summed E-state index contributed by atoms with van der Waals surface area (Å²) in [7, 11) is 0. The standard InChI is InChI=1S/C11H18O2.H3N/c1-9(2)7-5-6-8-13-11(12)10(3)4;/h7H,3,5-6,8H2,1-2,4H3;1H3. The molecule has 0 aliphatic heterocycles. The van der Waals surface area contributed by atoms with E-state index in [9.17, 15) is 4.79 Å². The molecule has 82 valence electrons. The van der Waals surface area contributed by atoms with Crippen LogP contribution in [0.1, 0.15) is 33.6 Å². The molecule has 0 atom stereocenters. The molecule has 0 aromatic rings. The molecule has 0 bridgehead atoms. The van der Waals surface area contributed by atoms with Crippen LogP contribution in [-0.4, -0.2) is 12.6 Å². The fourth-order valence-electron chi connectivity index (χ4n) is 0.762. The van der Waals surface area contributed by atoms with Crippen LogP contribution in [0, 0.1) is 0 Å². The summed E-state index contributed by atoms with van der Waals surface area (Å²) in [4.78, 5) is 10.9. The maximum absolute atomic E-state index is 10.9. The van der Waals surface area contributed by atoms with Crippen LogP contribution in [-0.2, 0) is 9.53 Å². The topological polar surface area (TPSA) is 61.3 Å². The van der Waals surface area contributed by atoms with Crippen molar-refractivity contribution in [3.63, 3.8) is 0 Å². The van der Waals surface area contributed by atoms with Gasteiger partial charge in [0.15, 0.2) is 0 Å². The maximum atomic E-state index is 10.9. The number of allylic oxidation sites excluding steroid dienone is 2. The Kier molecular flexibility index (Phi) is 9.35. The highest BCUT2D eigenvalue weighted by atomic mass is 16.5. The monoisotopic (exact) mass is 199 g/mol. The lowest BCUT2D eigenvalue weighted by Gasteiger charge is -2.02. The smallest absolute Gasteiger partial charge is 0.333 e. The van der Waals surface area contributed by atoms with E-state index in [-0.39, 0.29) is 12.1 Å². The van der Waals surface area contributed by atoms with Crippen LogP contribution >= 0.6 is 0 Å². The molecule has 0 radical (unpaired) electrons. The number of unbranched alkanes of at least 4 members (excludes halogenated alkanes) is 1. The van der Waals surface area contributed by atoms with Crippen molar-refractivity contribution in [1.82, 2.24) is 6.15 Å². The van der Waals surface area contributed by atoms with E-state index in [0.29, 0.717) is 12.2 Å². The van der Waals surface area contributed by atoms with Crippen LogP contribution in [0.5, 0.6) is 0 Å². The Morgan fingerprint density at radius 2 is 1.93 bits per heavy atom. The minimum absolute atomic E-state index is 0. The molecule has 0 aliphatic carbocycles. The first-order valence-corrected chi connectivity index (χ1v) is 4.50. The van der Waals surface area contributed by atoms with Gasteiger partial charge in [0.2, 0.25) is 0 Å². The van der Waals surface area contributed by atoms with Gasteiger partial charge in [-0.05, 0) is 33.6 Å². The third kappa shape index (κ3) is 9.00. The molecule has 0 spiro atoms. The van der Waals surface area contributed by atoms with Crippen LogP contribution in [0.4, 0.5) is 0 Å². The van der Waals surface area contributed by atoms with Crippen LogP contribution < -0.4 is 6.15 Å². The Morgan fingerprint density at radius 3 is 2.36 bits per heavy atom. The summed E-state index contributed by atoms with van der Waals surface area (Å²) in [5, 5.41) is 0. The largest absolute Gasteiger partial charge is 0.462 e. The van der Waals surface area contributed by atoms with Gasteiger partial charge in [-0.3, -0.25) is 0 Å². The molecule has 3 heteroatoms. The average Bonchev–Trinajstić information content (AvgIpc) is 2.02. The zero-order valence-electron chi connectivity index (χ0n) is 9.43. The Morgan fingerprint density at radius 1 is 1.36 bits per heavy atom. The van der Waals surface area contributed by atoms with Crippen molar-refractivity contribution >= 4 is 5.97 Å². The summed E-state index contributed by atoms with van der Waals surface area (Å²) in [6.07, 6.45) is 3.98. The molecule has 0 saturated carbocycles. The van der Waals surface area contributed by atoms with Gasteiger partial charge in [0, 0.05) is 5.57 Å². The van der Waals surface area contributed by atoms with Crippen molar-refractivity contribution in [2.24, 2.45) is 0 Å². The van der Waals surface area contributed by atoms with Crippen molar-refractivity contribution in [3.05, 3.63) is 23.8 Å². The molecule has 0 aromatic carbocycles. The quantitative estimate of drug-likeness (QED) is 0.320. The van der Waals surface area contributed by atoms with E-state index in [4.69, 9.17) is 4.74 Å². The van der Waals surface area contributed by atoms with E-state index in [0.717, 1.165) is 12.8 Å². The maximum Gasteiger partial charge on any atom is 0.333 e. The summed E-state index contributed by atoms with van der Waals surface area (Å²) in [6.45, 7) is 9.74. The Bertz CT molecular complexity index is 215. The molecule has 14 heavy (non-hydrogen) atoms. The number of carbonyl (C=O) groups is 1. The summed E-state index contributed by atoms with van der Waals surface area (Å²) in [5.41, 5.74) is 1.76. The molecule has 0 saturated heterocycles. The van der Waals surface area contributed by atoms with Gasteiger partial charge in [-0.25, -0.2) is 4.79 Å². The number of hydrogen-bond donors (Lipinski definition) is 1. The highest BCUT2D eigenvalue weighted by Crippen LogP contribution is 1.99. The Balaban J connectivity index is 0. The third-order valence-electron chi connectivity index (χ3n) is 1.48. The molecule has 3 nitrogen and oxygen atoms in total. The first-order chi connectivity index (χ1) is 6.04. The zero-order chi connectivity index (χ0) is 10.3. The first kappa shape index (κ1) is 15.4. The van der Waals surface area contributed by atoms with Crippen molar-refractivity contribution in [2.45, 2.75) is 33.6 Å². The first-order valence-electron chi connectivity index (χ1n) is 4.50. The number of ether oxygens (including phenoxy) is 1. The SMILES string of the molecule is C=C(C)C(=O)OCCCC=C(C)C.N. The molecule has 0 amide bonds. The van der Waals surface area contributed by atoms with Gasteiger partial charge in [-0.2, -0.15) is 0 Å². The summed E-state index contributed by atoms with van der Waals surface area (Å²) in [5.74, 6) is -0.294. The predicted octanol–water partition coefficient (Wildman–Crippen LogP) is 3.01. The van der Waals surface area contributed by atoms with E-state index < -0.39 is 0 Å². The molecule has 0 unspecified atom stereocenters. The zero-order valence-corrected chi connectivity index (χ0v) is 9.43. The van der Waals surface area contributed by atoms with Gasteiger partial charge in [0.25, 0.3) is 0 Å². The lowest BCUT2D eigenvalue weighted by molar-refractivity contribution is -0.139. The fraction of sp³-hybridized carbons (Fsp3) is 0.545. The van der Waals surface area contributed by atoms with E-state index in [2.05, 4.69) is 26.5 Å². The molecule has 0 rings (SSSR count). The van der Waals surface area contributed by atoms with Crippen molar-refractivity contribution < 1.29 is 9.53 Å². The minimum Gasteiger partial charge on any atom is -0.462 e. The van der Waals surface area contributed by atoms with Crippen LogP contribution in [0.3, 0.4) is 0 Å². The van der Waals surface area contributed by atoms with E-state index in [1.807, 2.05) is 0 Å². The predicted molar refractivity (Wildman–Crippen MR) is 59.5 cm³/mol. The second kappa shape index (κ2) is 8.51. The van der Waals surface area contributed by atoms with Crippen molar-refractivity contribution in [3.8, 4) is 0 Å². The highest BCUT2D eigenvalue weighted by molar-refractivity contribution is 5.86. The minimum atomic E-state index is -0.294. The Labute approximate surface area is 86.4 Å². The average molecular weight is 199 g/mol. The van der Waals surface area contributed by atoms with Crippen LogP contribution in [0.2, 0.25) is 0 Å². The van der Waals surface area contributed by atoms with Gasteiger partial charge in [0.05, 0.1) is 6.61 Å². The third-order valence-corrected chi connectivity index (χ3v) is 1.48. The van der Waals surface area contributed by atoms with Gasteiger partial charge >= 0.3 is 5.97 Å². The fourth-order valence-corrected chi connectivity index (χ4v) is 0.762. The normalized spacial score (nSPS) is 8.50. The highest BCUT2D eigenvalue weighted by Gasteiger charge is 2.00. The number of hydrogen-bond acceptors (Lipinski definition) is 3. The Hall–Kier alpha value is -1.09. The van der Waals surface area contributed by atoms with Crippen LogP contribution in [0.25, 0.3) is 0 Å². The summed E-state index contributed by atoms with van der Waals surface area (Å²) in [6, 6.07) is 0. The number of rotatable bonds is 5. The molecular weight excluding hydrogens is 178 g/mol. The number of esters is 1. The second-order valence-electron chi connectivity index (χ2n) is 3.34. The summed E-state index contributed by atoms with van der Waals surface area (Å²) >= 11 is 0. The molecule has 0 fully saturated rings. The molecule has 3 N–H and O–H groups in total. The van der Waals surface area contributed by atoms with Gasteiger partial charge in [-0.15, -0.1) is 0 Å². The lowest BCUT2D eigenvalue weighted by Crippen LogP contribution is -2.05. The van der Waals surface area contributed by atoms with Gasteiger partial charge < -0.3 is 10.9 Å². The van der Waals surface area contributed by atoms with E-state index >= 15 is 0 Å². The molecular formula is C11H21NO2. The molecule has 0 aromatic heterocycles. The van der Waals surface area contributed by atoms with Crippen LogP contribution in [0.15, 0.2) is 23.8 Å². The van der Waals surface area contributed by atoms with E-state index in [1.165, 1.54) is 5.57 Å². The lowest BCUT2D eigenvalue weighted by atomic mass is 10.2. The van der Waals surface area contributed by atoms with Crippen molar-refractivity contribution in [1.29, 1.82) is 0 Å². The molecule has 0 heterocycles. The second-order valence-corrected chi connectivity index (χ2v) is 3.34. The number of carbonyl (C=O) groups excluding carboxylic acids is 1. The van der Waals surface area contributed by atoms with Gasteiger partial charge in [-0.1, -0.05) is 18.2 Å². The molecule has 0 aliphatic rings. The van der Waals surface area contributed by atoms with Crippen molar-refractivity contribution in [2.75, 3.05) is 6.61 Å². The summed E-state index contributed by atoms with van der Waals surface area (Å²) < 4.78 is 4.92. The van der Waals surface area contributed by atoms with Gasteiger partial charge in [0.1, 0.15) is 0 Å².